The lowest BCUT2D eigenvalue weighted by Gasteiger charge is -2.14. The normalized spacial score (nSPS) is 12.1. The van der Waals surface area contributed by atoms with E-state index in [1.54, 1.807) is 38.9 Å². The molecule has 1 unspecified atom stereocenters. The fourth-order valence-corrected chi connectivity index (χ4v) is 2.78. The minimum absolute atomic E-state index is 0.0348. The van der Waals surface area contributed by atoms with Gasteiger partial charge in [-0.2, -0.15) is 0 Å². The van der Waals surface area contributed by atoms with Gasteiger partial charge in [0.25, 0.3) is 0 Å². The molecule has 1 aromatic heterocycles. The number of benzene rings is 1. The number of hydrogen-bond donors (Lipinski definition) is 1. The van der Waals surface area contributed by atoms with Crippen LogP contribution < -0.4 is 19.9 Å². The number of hydrogen-bond acceptors (Lipinski definition) is 6. The van der Waals surface area contributed by atoms with Crippen LogP contribution in [-0.2, 0) is 0 Å². The second-order valence-electron chi connectivity index (χ2n) is 4.24. The summed E-state index contributed by atoms with van der Waals surface area (Å²) in [6, 6.07) is 3.71. The predicted octanol–water partition coefficient (Wildman–Crippen LogP) is 2.86. The van der Waals surface area contributed by atoms with Crippen LogP contribution in [-0.4, -0.2) is 26.3 Å². The zero-order valence-corrected chi connectivity index (χ0v) is 12.8. The van der Waals surface area contributed by atoms with Gasteiger partial charge in [0.05, 0.1) is 26.9 Å². The number of nitrogens with zero attached hydrogens (tertiary/aromatic N) is 1. The summed E-state index contributed by atoms with van der Waals surface area (Å²) < 4.78 is 16.1. The van der Waals surface area contributed by atoms with E-state index in [1.165, 1.54) is 0 Å². The summed E-state index contributed by atoms with van der Waals surface area (Å²) in [5.41, 5.74) is 6.73. The Morgan fingerprint density at radius 1 is 1.10 bits per heavy atom. The van der Waals surface area contributed by atoms with E-state index in [-0.39, 0.29) is 6.04 Å². The largest absolute Gasteiger partial charge is 0.493 e. The van der Waals surface area contributed by atoms with Crippen LogP contribution in [0.3, 0.4) is 0 Å². The first-order valence-electron chi connectivity index (χ1n) is 6.13. The molecule has 1 heterocycles. The maximum Gasteiger partial charge on any atom is 0.204 e. The summed E-state index contributed by atoms with van der Waals surface area (Å²) >= 11 is 1.54. The van der Waals surface area contributed by atoms with Crippen molar-refractivity contribution in [3.8, 4) is 27.8 Å². The first-order valence-corrected chi connectivity index (χ1v) is 6.94. The van der Waals surface area contributed by atoms with E-state index in [0.717, 1.165) is 15.4 Å². The van der Waals surface area contributed by atoms with Gasteiger partial charge in [-0.1, -0.05) is 0 Å². The fourth-order valence-electron chi connectivity index (χ4n) is 1.89. The van der Waals surface area contributed by atoms with Gasteiger partial charge in [0.15, 0.2) is 11.5 Å². The Kier molecular flexibility index (Phi) is 4.46. The summed E-state index contributed by atoms with van der Waals surface area (Å²) in [4.78, 5) is 5.43. The lowest BCUT2D eigenvalue weighted by Crippen LogP contribution is -2.01. The van der Waals surface area contributed by atoms with Gasteiger partial charge in [0.2, 0.25) is 5.75 Å². The van der Waals surface area contributed by atoms with Crippen LogP contribution in [0.5, 0.6) is 17.2 Å². The van der Waals surface area contributed by atoms with Crippen molar-refractivity contribution in [2.45, 2.75) is 13.0 Å². The van der Waals surface area contributed by atoms with E-state index < -0.39 is 0 Å². The Balaban J connectivity index is 2.55. The molecule has 0 saturated carbocycles. The van der Waals surface area contributed by atoms with Gasteiger partial charge in [-0.25, -0.2) is 4.98 Å². The van der Waals surface area contributed by atoms with Gasteiger partial charge < -0.3 is 19.9 Å². The molecular weight excluding hydrogens is 276 g/mol. The number of methoxy groups -OCH3 is 3. The Hall–Kier alpha value is -1.79. The Bertz CT molecular complexity index is 596. The van der Waals surface area contributed by atoms with Crippen LogP contribution in [0.15, 0.2) is 18.3 Å². The molecule has 0 spiro atoms. The van der Waals surface area contributed by atoms with Crippen molar-refractivity contribution in [2.24, 2.45) is 5.73 Å². The third-order valence-electron chi connectivity index (χ3n) is 2.91. The first kappa shape index (κ1) is 14.6. The highest BCUT2D eigenvalue weighted by Gasteiger charge is 2.19. The summed E-state index contributed by atoms with van der Waals surface area (Å²) in [6.07, 6.45) is 1.79. The molecule has 0 amide bonds. The van der Waals surface area contributed by atoms with Crippen molar-refractivity contribution in [1.29, 1.82) is 0 Å². The highest BCUT2D eigenvalue weighted by molar-refractivity contribution is 7.15. The first-order chi connectivity index (χ1) is 9.62. The van der Waals surface area contributed by atoms with Gasteiger partial charge in [0.1, 0.15) is 5.01 Å². The molecule has 0 saturated heterocycles. The summed E-state index contributed by atoms with van der Waals surface area (Å²) in [7, 11) is 4.77. The van der Waals surface area contributed by atoms with E-state index in [2.05, 4.69) is 4.98 Å². The van der Waals surface area contributed by atoms with Crippen LogP contribution in [0.4, 0.5) is 0 Å². The third-order valence-corrected chi connectivity index (χ3v) is 4.14. The van der Waals surface area contributed by atoms with Crippen molar-refractivity contribution in [3.63, 3.8) is 0 Å². The molecule has 2 aromatic rings. The van der Waals surface area contributed by atoms with Crippen LogP contribution >= 0.6 is 11.3 Å². The Morgan fingerprint density at radius 3 is 2.30 bits per heavy atom. The van der Waals surface area contributed by atoms with Gasteiger partial charge in [-0.15, -0.1) is 11.3 Å². The standard InChI is InChI=1S/C14H18N2O3S/c1-8(15)11-7-16-14(20-11)9-5-6-10(17-2)13(19-4)12(9)18-3/h5-8H,15H2,1-4H3. The fraction of sp³-hybridized carbons (Fsp3) is 0.357. The number of rotatable bonds is 5. The van der Waals surface area contributed by atoms with Crippen molar-refractivity contribution in [1.82, 2.24) is 4.98 Å². The molecule has 0 aliphatic carbocycles. The van der Waals surface area contributed by atoms with E-state index in [9.17, 15) is 0 Å². The molecule has 2 rings (SSSR count). The van der Waals surface area contributed by atoms with Gasteiger partial charge in [0, 0.05) is 17.1 Å². The second-order valence-corrected chi connectivity index (χ2v) is 5.30. The molecule has 1 aromatic carbocycles. The zero-order chi connectivity index (χ0) is 14.7. The number of thiazole rings is 1. The molecule has 5 nitrogen and oxygen atoms in total. The van der Waals surface area contributed by atoms with Gasteiger partial charge in [-0.05, 0) is 19.1 Å². The lowest BCUT2D eigenvalue weighted by molar-refractivity contribution is 0.325. The molecule has 0 radical (unpaired) electrons. The molecule has 1 atom stereocenters. The van der Waals surface area contributed by atoms with Crippen LogP contribution in [0.2, 0.25) is 0 Å². The quantitative estimate of drug-likeness (QED) is 0.918. The highest BCUT2D eigenvalue weighted by Crippen LogP contribution is 2.45. The van der Waals surface area contributed by atoms with Crippen LogP contribution in [0.25, 0.3) is 10.6 Å². The molecule has 0 bridgehead atoms. The summed E-state index contributed by atoms with van der Waals surface area (Å²) in [5, 5.41) is 0.843. The zero-order valence-electron chi connectivity index (χ0n) is 12.0. The predicted molar refractivity (Wildman–Crippen MR) is 79.8 cm³/mol. The smallest absolute Gasteiger partial charge is 0.204 e. The molecule has 6 heteroatoms. The van der Waals surface area contributed by atoms with E-state index in [1.807, 2.05) is 19.1 Å². The average Bonchev–Trinajstić information content (AvgIpc) is 2.95. The van der Waals surface area contributed by atoms with E-state index in [4.69, 9.17) is 19.9 Å². The SMILES string of the molecule is COc1ccc(-c2ncc(C(C)N)s2)c(OC)c1OC. The minimum Gasteiger partial charge on any atom is -0.493 e. The van der Waals surface area contributed by atoms with Crippen molar-refractivity contribution < 1.29 is 14.2 Å². The van der Waals surface area contributed by atoms with E-state index in [0.29, 0.717) is 17.2 Å². The van der Waals surface area contributed by atoms with Crippen LogP contribution in [0, 0.1) is 0 Å². The molecule has 0 aliphatic heterocycles. The third kappa shape index (κ3) is 2.57. The minimum atomic E-state index is -0.0348. The summed E-state index contributed by atoms with van der Waals surface area (Å²) in [6.45, 7) is 1.93. The Morgan fingerprint density at radius 2 is 1.80 bits per heavy atom. The molecule has 0 fully saturated rings. The molecular formula is C14H18N2O3S. The summed E-state index contributed by atoms with van der Waals surface area (Å²) in [5.74, 6) is 1.79. The topological polar surface area (TPSA) is 66.6 Å². The van der Waals surface area contributed by atoms with Gasteiger partial charge >= 0.3 is 0 Å². The average molecular weight is 294 g/mol. The van der Waals surface area contributed by atoms with Gasteiger partial charge in [-0.3, -0.25) is 0 Å². The molecule has 108 valence electrons. The maximum atomic E-state index is 5.87. The Labute approximate surface area is 122 Å². The molecule has 0 aliphatic rings. The van der Waals surface area contributed by atoms with Crippen molar-refractivity contribution in [3.05, 3.63) is 23.2 Å². The van der Waals surface area contributed by atoms with Crippen LogP contribution in [0.1, 0.15) is 17.8 Å². The lowest BCUT2D eigenvalue weighted by atomic mass is 10.2. The molecule has 20 heavy (non-hydrogen) atoms. The monoisotopic (exact) mass is 294 g/mol. The van der Waals surface area contributed by atoms with Crippen molar-refractivity contribution >= 4 is 11.3 Å². The second kappa shape index (κ2) is 6.11. The van der Waals surface area contributed by atoms with Crippen molar-refractivity contribution in [2.75, 3.05) is 21.3 Å². The van der Waals surface area contributed by atoms with E-state index >= 15 is 0 Å². The number of nitrogens with two attached hydrogens (primary N) is 1. The number of aromatic nitrogens is 1. The molecule has 2 N–H and O–H groups in total. The maximum absolute atomic E-state index is 5.87. The number of ether oxygens (including phenoxy) is 3. The highest BCUT2D eigenvalue weighted by atomic mass is 32.1.